The number of hydrogen-bond donors (Lipinski definition) is 2. The molecule has 2 N–H and O–H groups in total. The molecule has 3 rings (SSSR count). The Morgan fingerprint density at radius 2 is 1.96 bits per heavy atom. The summed E-state index contributed by atoms with van der Waals surface area (Å²) in [6.07, 6.45) is 0.233. The first-order valence-corrected chi connectivity index (χ1v) is 8.55. The Morgan fingerprint density at radius 3 is 2.68 bits per heavy atom. The number of aromatic nitrogens is 1. The molecular weight excluding hydrogens is 359 g/mol. The molecule has 0 saturated carbocycles. The first-order chi connectivity index (χ1) is 11.9. The molecule has 1 amide bonds. The summed E-state index contributed by atoms with van der Waals surface area (Å²) < 4.78 is 5.30. The van der Waals surface area contributed by atoms with E-state index in [1.54, 1.807) is 19.2 Å². The SMILES string of the molecule is COc1cc(Cl)c(C)cc1NC(=O)Cc1c(C)[nH]c2ccc(Cl)cc12. The molecule has 0 radical (unpaired) electrons. The largest absolute Gasteiger partial charge is 0.495 e. The van der Waals surface area contributed by atoms with Crippen LogP contribution in [0.25, 0.3) is 10.9 Å². The molecule has 0 bridgehead atoms. The Bertz CT molecular complexity index is 964. The number of amides is 1. The minimum Gasteiger partial charge on any atom is -0.495 e. The molecular formula is C19H18Cl2N2O2. The van der Waals surface area contributed by atoms with Crippen LogP contribution in [0, 0.1) is 13.8 Å². The molecule has 0 unspecified atom stereocenters. The third-order valence-corrected chi connectivity index (χ3v) is 4.82. The van der Waals surface area contributed by atoms with Crippen molar-refractivity contribution in [3.05, 3.63) is 57.2 Å². The Balaban J connectivity index is 1.88. The van der Waals surface area contributed by atoms with E-state index in [1.807, 2.05) is 32.0 Å². The van der Waals surface area contributed by atoms with Gasteiger partial charge in [-0.25, -0.2) is 0 Å². The molecule has 130 valence electrons. The molecule has 6 heteroatoms. The smallest absolute Gasteiger partial charge is 0.228 e. The summed E-state index contributed by atoms with van der Waals surface area (Å²) in [6, 6.07) is 9.11. The number of nitrogens with one attached hydrogen (secondary N) is 2. The van der Waals surface area contributed by atoms with Gasteiger partial charge in [0.05, 0.1) is 19.2 Å². The van der Waals surface area contributed by atoms with Gasteiger partial charge in [-0.3, -0.25) is 4.79 Å². The molecule has 3 aromatic rings. The summed E-state index contributed by atoms with van der Waals surface area (Å²) in [7, 11) is 1.54. The zero-order valence-electron chi connectivity index (χ0n) is 14.2. The number of rotatable bonds is 4. The molecule has 0 aliphatic rings. The van der Waals surface area contributed by atoms with Crippen molar-refractivity contribution in [2.45, 2.75) is 20.3 Å². The quantitative estimate of drug-likeness (QED) is 0.650. The third kappa shape index (κ3) is 3.60. The second kappa shape index (κ2) is 6.98. The van der Waals surface area contributed by atoms with Crippen molar-refractivity contribution in [1.82, 2.24) is 4.98 Å². The highest BCUT2D eigenvalue weighted by molar-refractivity contribution is 6.32. The van der Waals surface area contributed by atoms with E-state index in [4.69, 9.17) is 27.9 Å². The van der Waals surface area contributed by atoms with Crippen LogP contribution >= 0.6 is 23.2 Å². The van der Waals surface area contributed by atoms with E-state index in [-0.39, 0.29) is 12.3 Å². The van der Waals surface area contributed by atoms with E-state index >= 15 is 0 Å². The van der Waals surface area contributed by atoms with Crippen molar-refractivity contribution in [3.8, 4) is 5.75 Å². The first-order valence-electron chi connectivity index (χ1n) is 7.79. The molecule has 2 aromatic carbocycles. The molecule has 4 nitrogen and oxygen atoms in total. The highest BCUT2D eigenvalue weighted by Crippen LogP contribution is 2.31. The van der Waals surface area contributed by atoms with E-state index in [9.17, 15) is 4.79 Å². The molecule has 0 saturated heterocycles. The van der Waals surface area contributed by atoms with E-state index in [2.05, 4.69) is 10.3 Å². The number of H-pyrrole nitrogens is 1. The number of carbonyl (C=O) groups is 1. The average molecular weight is 377 g/mol. The number of methoxy groups -OCH3 is 1. The Labute approximate surface area is 156 Å². The van der Waals surface area contributed by atoms with Crippen LogP contribution < -0.4 is 10.1 Å². The standard InChI is InChI=1S/C19H18Cl2N2O2/c1-10-6-17(18(25-3)9-15(10)21)23-19(24)8-13-11(2)22-16-5-4-12(20)7-14(13)16/h4-7,9,22H,8H2,1-3H3,(H,23,24). The van der Waals surface area contributed by atoms with Crippen molar-refractivity contribution < 1.29 is 9.53 Å². The fourth-order valence-corrected chi connectivity index (χ4v) is 3.19. The van der Waals surface area contributed by atoms with Gasteiger partial charge in [0, 0.05) is 32.7 Å². The van der Waals surface area contributed by atoms with Crippen LogP contribution in [-0.2, 0) is 11.2 Å². The average Bonchev–Trinajstić information content (AvgIpc) is 2.86. The topological polar surface area (TPSA) is 54.1 Å². The molecule has 0 spiro atoms. The lowest BCUT2D eigenvalue weighted by Crippen LogP contribution is -2.15. The van der Waals surface area contributed by atoms with Crippen LogP contribution in [0.4, 0.5) is 5.69 Å². The highest BCUT2D eigenvalue weighted by atomic mass is 35.5. The van der Waals surface area contributed by atoms with Gasteiger partial charge in [0.15, 0.2) is 0 Å². The summed E-state index contributed by atoms with van der Waals surface area (Å²) in [5.41, 5.74) is 4.31. The summed E-state index contributed by atoms with van der Waals surface area (Å²) in [5, 5.41) is 5.10. The van der Waals surface area contributed by atoms with Crippen molar-refractivity contribution in [1.29, 1.82) is 0 Å². The number of aryl methyl sites for hydroxylation is 2. The van der Waals surface area contributed by atoms with Crippen molar-refractivity contribution >= 4 is 45.7 Å². The number of fused-ring (bicyclic) bond motifs is 1. The van der Waals surface area contributed by atoms with Gasteiger partial charge < -0.3 is 15.0 Å². The monoisotopic (exact) mass is 376 g/mol. The number of carbonyl (C=O) groups excluding carboxylic acids is 1. The van der Waals surface area contributed by atoms with E-state index in [0.29, 0.717) is 21.5 Å². The van der Waals surface area contributed by atoms with Crippen molar-refractivity contribution in [2.75, 3.05) is 12.4 Å². The Hall–Kier alpha value is -2.17. The first kappa shape index (κ1) is 17.6. The lowest BCUT2D eigenvalue weighted by molar-refractivity contribution is -0.115. The van der Waals surface area contributed by atoms with Crippen LogP contribution in [0.5, 0.6) is 5.75 Å². The highest BCUT2D eigenvalue weighted by Gasteiger charge is 2.15. The van der Waals surface area contributed by atoms with Crippen LogP contribution in [0.2, 0.25) is 10.0 Å². The molecule has 0 aliphatic heterocycles. The summed E-state index contributed by atoms with van der Waals surface area (Å²) in [5.74, 6) is 0.395. The number of ether oxygens (including phenoxy) is 1. The van der Waals surface area contributed by atoms with Crippen LogP contribution in [0.15, 0.2) is 30.3 Å². The number of hydrogen-bond acceptors (Lipinski definition) is 2. The van der Waals surface area contributed by atoms with E-state index in [0.717, 1.165) is 27.7 Å². The lowest BCUT2D eigenvalue weighted by atomic mass is 10.1. The number of benzene rings is 2. The molecule has 1 heterocycles. The Morgan fingerprint density at radius 1 is 1.20 bits per heavy atom. The van der Waals surface area contributed by atoms with Gasteiger partial charge in [-0.15, -0.1) is 0 Å². The van der Waals surface area contributed by atoms with Gasteiger partial charge in [0.2, 0.25) is 5.91 Å². The minimum atomic E-state index is -0.135. The third-order valence-electron chi connectivity index (χ3n) is 4.17. The van der Waals surface area contributed by atoms with Crippen molar-refractivity contribution in [3.63, 3.8) is 0 Å². The zero-order valence-corrected chi connectivity index (χ0v) is 15.7. The maximum atomic E-state index is 12.6. The molecule has 0 aliphatic carbocycles. The molecule has 1 aromatic heterocycles. The Kier molecular flexibility index (Phi) is 4.93. The molecule has 0 atom stereocenters. The minimum absolute atomic E-state index is 0.135. The van der Waals surface area contributed by atoms with Gasteiger partial charge in [-0.2, -0.15) is 0 Å². The van der Waals surface area contributed by atoms with Crippen LogP contribution in [0.3, 0.4) is 0 Å². The van der Waals surface area contributed by atoms with Gasteiger partial charge >= 0.3 is 0 Å². The number of halogens is 2. The maximum absolute atomic E-state index is 12.6. The second-order valence-electron chi connectivity index (χ2n) is 5.95. The van der Waals surface area contributed by atoms with Gasteiger partial charge in [-0.1, -0.05) is 23.2 Å². The summed E-state index contributed by atoms with van der Waals surface area (Å²) in [4.78, 5) is 15.9. The zero-order chi connectivity index (χ0) is 18.1. The van der Waals surface area contributed by atoms with Crippen LogP contribution in [-0.4, -0.2) is 18.0 Å². The predicted octanol–water partition coefficient (Wildman–Crippen LogP) is 5.28. The summed E-state index contributed by atoms with van der Waals surface area (Å²) >= 11 is 12.2. The van der Waals surface area contributed by atoms with E-state index in [1.165, 1.54) is 0 Å². The van der Waals surface area contributed by atoms with Crippen LogP contribution in [0.1, 0.15) is 16.8 Å². The van der Waals surface area contributed by atoms with Gasteiger partial charge in [0.25, 0.3) is 0 Å². The van der Waals surface area contributed by atoms with E-state index < -0.39 is 0 Å². The predicted molar refractivity (Wildman–Crippen MR) is 103 cm³/mol. The number of aromatic amines is 1. The normalized spacial score (nSPS) is 10.9. The lowest BCUT2D eigenvalue weighted by Gasteiger charge is -2.12. The van der Waals surface area contributed by atoms with Gasteiger partial charge in [-0.05, 0) is 49.2 Å². The number of anilines is 1. The molecule has 0 fully saturated rings. The molecule has 25 heavy (non-hydrogen) atoms. The second-order valence-corrected chi connectivity index (χ2v) is 6.79. The fourth-order valence-electron chi connectivity index (χ4n) is 2.87. The maximum Gasteiger partial charge on any atom is 0.228 e. The summed E-state index contributed by atoms with van der Waals surface area (Å²) in [6.45, 7) is 3.83. The van der Waals surface area contributed by atoms with Gasteiger partial charge in [0.1, 0.15) is 5.75 Å². The fraction of sp³-hybridized carbons (Fsp3) is 0.211. The van der Waals surface area contributed by atoms with Crippen molar-refractivity contribution in [2.24, 2.45) is 0 Å².